The fourth-order valence-corrected chi connectivity index (χ4v) is 6.19. The molecule has 0 bridgehead atoms. The summed E-state index contributed by atoms with van der Waals surface area (Å²) in [4.78, 5) is 28.0. The number of carbonyl (C=O) groups excluding carboxylic acids is 1. The van der Waals surface area contributed by atoms with Crippen molar-refractivity contribution < 1.29 is 14.5 Å². The predicted octanol–water partition coefficient (Wildman–Crippen LogP) is 4.07. The first kappa shape index (κ1) is 20.2. The number of nitro groups is 1. The lowest BCUT2D eigenvalue weighted by atomic mass is 9.77. The van der Waals surface area contributed by atoms with Crippen LogP contribution in [0.4, 0.5) is 5.69 Å². The van der Waals surface area contributed by atoms with Crippen molar-refractivity contribution in [3.05, 3.63) is 80.8 Å². The zero-order valence-electron chi connectivity index (χ0n) is 16.8. The van der Waals surface area contributed by atoms with Gasteiger partial charge < -0.3 is 10.1 Å². The maximum Gasteiger partial charge on any atom is 0.256 e. The van der Waals surface area contributed by atoms with E-state index in [0.29, 0.717) is 30.2 Å². The number of rotatable bonds is 5. The van der Waals surface area contributed by atoms with Crippen LogP contribution in [0, 0.1) is 10.1 Å². The first-order chi connectivity index (χ1) is 15.0. The predicted molar refractivity (Wildman–Crippen MR) is 120 cm³/mol. The van der Waals surface area contributed by atoms with Gasteiger partial charge in [0.2, 0.25) is 0 Å². The number of hydrogen-bond donors (Lipinski definition) is 1. The second-order valence-electron chi connectivity index (χ2n) is 8.21. The highest BCUT2D eigenvalue weighted by molar-refractivity contribution is 9.10. The van der Waals surface area contributed by atoms with Crippen molar-refractivity contribution in [1.82, 2.24) is 4.90 Å². The first-order valence-corrected chi connectivity index (χ1v) is 11.1. The smallest absolute Gasteiger partial charge is 0.256 e. The third-order valence-electron chi connectivity index (χ3n) is 6.78. The van der Waals surface area contributed by atoms with Gasteiger partial charge >= 0.3 is 0 Å². The lowest BCUT2D eigenvalue weighted by Gasteiger charge is -2.32. The summed E-state index contributed by atoms with van der Waals surface area (Å²) in [5.74, 6) is -0.212. The Morgan fingerprint density at radius 3 is 2.94 bits per heavy atom. The van der Waals surface area contributed by atoms with Gasteiger partial charge in [-0.25, -0.2) is 0 Å². The Bertz CT molecular complexity index is 1090. The molecule has 0 unspecified atom stereocenters. The van der Waals surface area contributed by atoms with E-state index in [4.69, 9.17) is 4.74 Å². The summed E-state index contributed by atoms with van der Waals surface area (Å²) in [6.07, 6.45) is 3.33. The molecule has 0 radical (unpaired) electrons. The third-order valence-corrected chi connectivity index (χ3v) is 7.28. The van der Waals surface area contributed by atoms with Crippen LogP contribution in [0.1, 0.15) is 29.9 Å². The van der Waals surface area contributed by atoms with Crippen molar-refractivity contribution in [2.24, 2.45) is 0 Å². The van der Waals surface area contributed by atoms with Crippen molar-refractivity contribution in [3.8, 4) is 5.75 Å². The average Bonchev–Trinajstić information content (AvgIpc) is 3.40. The Morgan fingerprint density at radius 1 is 1.35 bits per heavy atom. The molecule has 3 aliphatic rings. The van der Waals surface area contributed by atoms with E-state index in [1.807, 2.05) is 42.5 Å². The molecule has 0 aromatic heterocycles. The molecule has 1 spiro atoms. The molecule has 1 N–H and O–H groups in total. The molecule has 2 fully saturated rings. The topological polar surface area (TPSA) is 84.7 Å². The number of anilines is 1. The van der Waals surface area contributed by atoms with Crippen LogP contribution in [0.3, 0.4) is 0 Å². The number of halogens is 1. The lowest BCUT2D eigenvalue weighted by molar-refractivity contribution is -0.534. The van der Waals surface area contributed by atoms with Crippen molar-refractivity contribution >= 4 is 27.5 Å². The van der Waals surface area contributed by atoms with E-state index in [1.54, 1.807) is 6.08 Å². The average molecular weight is 484 g/mol. The Labute approximate surface area is 188 Å². The standard InChI is InChI=1S/C23H22BrN3O4/c1-2-12-31-19-10-9-14(24)13-15(19)20-18-8-5-11-26(18)23(21(20)27(29)30)16-6-3-4-7-17(16)25-22(23)28/h2-4,6-7,9-10,13,18,20-21H,1,5,8,11-12H2,(H,25,28)/t18-,20+,21+,23-/m0/s1. The second kappa shape index (κ2) is 7.46. The van der Waals surface area contributed by atoms with Crippen LogP contribution >= 0.6 is 15.9 Å². The van der Waals surface area contributed by atoms with E-state index in [1.165, 1.54) is 0 Å². The molecular formula is C23H22BrN3O4. The summed E-state index contributed by atoms with van der Waals surface area (Å²) < 4.78 is 6.71. The van der Waals surface area contributed by atoms with E-state index >= 15 is 0 Å². The highest BCUT2D eigenvalue weighted by atomic mass is 79.9. The second-order valence-corrected chi connectivity index (χ2v) is 9.12. The molecule has 4 atom stereocenters. The van der Waals surface area contributed by atoms with Gasteiger partial charge in [-0.05, 0) is 37.1 Å². The summed E-state index contributed by atoms with van der Waals surface area (Å²) >= 11 is 3.52. The van der Waals surface area contributed by atoms with Gasteiger partial charge in [-0.3, -0.25) is 19.8 Å². The summed E-state index contributed by atoms with van der Waals surface area (Å²) in [5, 5.41) is 15.6. The van der Waals surface area contributed by atoms with Crippen LogP contribution < -0.4 is 10.1 Å². The number of fused-ring (bicyclic) bond motifs is 4. The van der Waals surface area contributed by atoms with Crippen LogP contribution in [0.5, 0.6) is 5.75 Å². The van der Waals surface area contributed by atoms with Gasteiger partial charge in [0.15, 0.2) is 5.54 Å². The number of carbonyl (C=O) groups is 1. The normalized spacial score (nSPS) is 28.9. The van der Waals surface area contributed by atoms with E-state index in [2.05, 4.69) is 32.7 Å². The molecular weight excluding hydrogens is 462 g/mol. The zero-order valence-corrected chi connectivity index (χ0v) is 18.4. The molecule has 2 aromatic carbocycles. The Hall–Kier alpha value is -2.71. The molecule has 1 amide bonds. The molecule has 160 valence electrons. The highest BCUT2D eigenvalue weighted by Crippen LogP contribution is 2.59. The van der Waals surface area contributed by atoms with E-state index in [0.717, 1.165) is 22.9 Å². The molecule has 5 rings (SSSR count). The SMILES string of the molecule is C=CCOc1ccc(Br)cc1[C@@H]1[C@@H]2CCCN2[C@]2(C(=O)Nc3ccccc32)[C@@H]1[N+](=O)[O-]. The van der Waals surface area contributed by atoms with Crippen LogP contribution in [0.2, 0.25) is 0 Å². The summed E-state index contributed by atoms with van der Waals surface area (Å²) in [6, 6.07) is 11.6. The quantitative estimate of drug-likeness (QED) is 0.393. The van der Waals surface area contributed by atoms with Crippen molar-refractivity contribution in [2.45, 2.75) is 36.4 Å². The van der Waals surface area contributed by atoms with Gasteiger partial charge in [-0.2, -0.15) is 0 Å². The van der Waals surface area contributed by atoms with Crippen LogP contribution in [-0.4, -0.2) is 41.0 Å². The number of nitrogens with one attached hydrogen (secondary N) is 1. The fraction of sp³-hybridized carbons (Fsp3) is 0.348. The van der Waals surface area contributed by atoms with Crippen molar-refractivity contribution in [1.29, 1.82) is 0 Å². The van der Waals surface area contributed by atoms with Gasteiger partial charge in [0.25, 0.3) is 11.9 Å². The molecule has 8 heteroatoms. The summed E-state index contributed by atoms with van der Waals surface area (Å²) in [6.45, 7) is 4.65. The highest BCUT2D eigenvalue weighted by Gasteiger charge is 2.73. The number of amides is 1. The number of nitrogens with zero attached hydrogens (tertiary/aromatic N) is 2. The van der Waals surface area contributed by atoms with E-state index in [-0.39, 0.29) is 16.9 Å². The number of ether oxygens (including phenoxy) is 1. The maximum absolute atomic E-state index is 13.5. The molecule has 2 aromatic rings. The molecule has 3 heterocycles. The lowest BCUT2D eigenvalue weighted by Crippen LogP contribution is -2.55. The van der Waals surface area contributed by atoms with Gasteiger partial charge in [-0.1, -0.05) is 46.8 Å². The third kappa shape index (κ3) is 2.78. The molecule has 0 aliphatic carbocycles. The zero-order chi connectivity index (χ0) is 21.8. The molecule has 2 saturated heterocycles. The molecule has 0 saturated carbocycles. The molecule has 31 heavy (non-hydrogen) atoms. The largest absolute Gasteiger partial charge is 0.489 e. The van der Waals surface area contributed by atoms with Gasteiger partial charge in [-0.15, -0.1) is 0 Å². The van der Waals surface area contributed by atoms with Crippen LogP contribution in [-0.2, 0) is 10.3 Å². The van der Waals surface area contributed by atoms with Gasteiger partial charge in [0.05, 0.1) is 5.92 Å². The van der Waals surface area contributed by atoms with Crippen molar-refractivity contribution in [3.63, 3.8) is 0 Å². The fourth-order valence-electron chi connectivity index (χ4n) is 5.81. The van der Waals surface area contributed by atoms with Gasteiger partial charge in [0, 0.05) is 38.8 Å². The van der Waals surface area contributed by atoms with E-state index < -0.39 is 17.5 Å². The maximum atomic E-state index is 13.5. The Morgan fingerprint density at radius 2 is 2.16 bits per heavy atom. The van der Waals surface area contributed by atoms with Gasteiger partial charge in [0.1, 0.15) is 12.4 Å². The molecule has 3 aliphatic heterocycles. The monoisotopic (exact) mass is 483 g/mol. The Kier molecular flexibility index (Phi) is 4.86. The van der Waals surface area contributed by atoms with Crippen LogP contribution in [0.15, 0.2) is 59.6 Å². The number of para-hydroxylation sites is 1. The summed E-state index contributed by atoms with van der Waals surface area (Å²) in [5.41, 5.74) is 0.774. The minimum absolute atomic E-state index is 0.132. The molecule has 7 nitrogen and oxygen atoms in total. The number of benzene rings is 2. The van der Waals surface area contributed by atoms with Crippen molar-refractivity contribution in [2.75, 3.05) is 18.5 Å². The minimum atomic E-state index is -1.33. The number of hydrogen-bond acceptors (Lipinski definition) is 5. The van der Waals surface area contributed by atoms with E-state index in [9.17, 15) is 14.9 Å². The Balaban J connectivity index is 1.74. The summed E-state index contributed by atoms with van der Waals surface area (Å²) in [7, 11) is 0. The first-order valence-electron chi connectivity index (χ1n) is 10.3. The minimum Gasteiger partial charge on any atom is -0.489 e. The van der Waals surface area contributed by atoms with Crippen LogP contribution in [0.25, 0.3) is 0 Å².